The highest BCUT2D eigenvalue weighted by Gasteiger charge is 2.26. The first-order valence-electron chi connectivity index (χ1n) is 7.42. The number of furan rings is 1. The average Bonchev–Trinajstić information content (AvgIpc) is 2.76. The van der Waals surface area contributed by atoms with Crippen molar-refractivity contribution in [2.45, 2.75) is 52.0 Å². The average molecular weight is 257 g/mol. The van der Waals surface area contributed by atoms with E-state index in [1.54, 1.807) is 0 Å². The van der Waals surface area contributed by atoms with E-state index in [1.165, 1.54) is 48.6 Å². The monoisotopic (exact) mass is 257 g/mol. The molecule has 1 saturated carbocycles. The van der Waals surface area contributed by atoms with E-state index in [4.69, 9.17) is 10.2 Å². The van der Waals surface area contributed by atoms with Crippen LogP contribution < -0.4 is 5.73 Å². The highest BCUT2D eigenvalue weighted by molar-refractivity contribution is 5.82. The molecule has 102 valence electrons. The molecule has 0 aliphatic heterocycles. The fraction of sp³-hybridized carbons (Fsp3) is 0.529. The number of rotatable bonds is 2. The van der Waals surface area contributed by atoms with Gasteiger partial charge in [-0.15, -0.1) is 0 Å². The van der Waals surface area contributed by atoms with E-state index in [2.05, 4.69) is 32.0 Å². The summed E-state index contributed by atoms with van der Waals surface area (Å²) in [4.78, 5) is 0. The Morgan fingerprint density at radius 3 is 2.63 bits per heavy atom. The topological polar surface area (TPSA) is 39.2 Å². The van der Waals surface area contributed by atoms with Gasteiger partial charge in [0.05, 0.1) is 6.04 Å². The summed E-state index contributed by atoms with van der Waals surface area (Å²) < 4.78 is 6.04. The molecule has 1 fully saturated rings. The van der Waals surface area contributed by atoms with E-state index in [9.17, 15) is 0 Å². The van der Waals surface area contributed by atoms with Crippen LogP contribution in [0.1, 0.15) is 55.0 Å². The largest absolute Gasteiger partial charge is 0.459 e. The molecule has 2 aromatic rings. The summed E-state index contributed by atoms with van der Waals surface area (Å²) in [7, 11) is 0. The van der Waals surface area contributed by atoms with Crippen molar-refractivity contribution >= 4 is 11.0 Å². The number of nitrogens with two attached hydrogens (primary N) is 1. The zero-order valence-electron chi connectivity index (χ0n) is 11.9. The van der Waals surface area contributed by atoms with Crippen molar-refractivity contribution in [2.24, 2.45) is 11.7 Å². The lowest BCUT2D eigenvalue weighted by molar-refractivity contribution is 0.283. The lowest BCUT2D eigenvalue weighted by Gasteiger charge is -2.26. The first-order valence-corrected chi connectivity index (χ1v) is 7.42. The van der Waals surface area contributed by atoms with Gasteiger partial charge in [-0.25, -0.2) is 0 Å². The number of hydrogen-bond donors (Lipinski definition) is 1. The minimum atomic E-state index is 0.0630. The Bertz CT molecular complexity index is 578. The number of hydrogen-bond acceptors (Lipinski definition) is 2. The molecule has 0 spiro atoms. The van der Waals surface area contributed by atoms with E-state index in [0.717, 1.165) is 11.3 Å². The molecule has 0 radical (unpaired) electrons. The molecule has 2 N–H and O–H groups in total. The molecule has 2 heteroatoms. The molecule has 0 amide bonds. The zero-order valence-corrected chi connectivity index (χ0v) is 11.9. The van der Waals surface area contributed by atoms with Crippen molar-refractivity contribution in [3.8, 4) is 0 Å². The normalized spacial score (nSPS) is 18.9. The van der Waals surface area contributed by atoms with Gasteiger partial charge in [0.1, 0.15) is 11.3 Å². The summed E-state index contributed by atoms with van der Waals surface area (Å²) in [5, 5.41) is 1.22. The summed E-state index contributed by atoms with van der Waals surface area (Å²) in [5.74, 6) is 1.60. The molecule has 0 saturated heterocycles. The molecular formula is C17H23NO. The summed E-state index contributed by atoms with van der Waals surface area (Å²) in [5.41, 5.74) is 9.96. The Hall–Kier alpha value is -1.28. The molecule has 1 aromatic heterocycles. The second kappa shape index (κ2) is 5.01. The van der Waals surface area contributed by atoms with Crippen molar-refractivity contribution in [3.05, 3.63) is 35.1 Å². The summed E-state index contributed by atoms with van der Waals surface area (Å²) in [6, 6.07) is 6.43. The first-order chi connectivity index (χ1) is 9.16. The molecule has 2 nitrogen and oxygen atoms in total. The van der Waals surface area contributed by atoms with Crippen LogP contribution in [-0.2, 0) is 0 Å². The van der Waals surface area contributed by atoms with E-state index < -0.39 is 0 Å². The highest BCUT2D eigenvalue weighted by Crippen LogP contribution is 2.37. The van der Waals surface area contributed by atoms with Crippen LogP contribution in [0.25, 0.3) is 11.0 Å². The fourth-order valence-corrected chi connectivity index (χ4v) is 3.38. The second-order valence-electron chi connectivity index (χ2n) is 6.01. The second-order valence-corrected chi connectivity index (χ2v) is 6.01. The van der Waals surface area contributed by atoms with E-state index in [-0.39, 0.29) is 6.04 Å². The van der Waals surface area contributed by atoms with Gasteiger partial charge in [0.25, 0.3) is 0 Å². The van der Waals surface area contributed by atoms with Gasteiger partial charge >= 0.3 is 0 Å². The first kappa shape index (κ1) is 12.7. The van der Waals surface area contributed by atoms with Gasteiger partial charge in [0.2, 0.25) is 0 Å². The third-order valence-corrected chi connectivity index (χ3v) is 4.59. The van der Waals surface area contributed by atoms with Gasteiger partial charge < -0.3 is 10.2 Å². The van der Waals surface area contributed by atoms with E-state index in [0.29, 0.717) is 5.92 Å². The molecule has 1 aromatic carbocycles. The maximum absolute atomic E-state index is 6.48. The predicted octanol–water partition coefficient (Wildman–Crippen LogP) is 4.63. The predicted molar refractivity (Wildman–Crippen MR) is 79.2 cm³/mol. The van der Waals surface area contributed by atoms with Crippen LogP contribution in [0.5, 0.6) is 0 Å². The molecule has 1 atom stereocenters. The maximum Gasteiger partial charge on any atom is 0.134 e. The van der Waals surface area contributed by atoms with Crippen molar-refractivity contribution in [3.63, 3.8) is 0 Å². The third kappa shape index (κ3) is 2.30. The number of fused-ring (bicyclic) bond motifs is 1. The third-order valence-electron chi connectivity index (χ3n) is 4.59. The summed E-state index contributed by atoms with van der Waals surface area (Å²) in [6.45, 7) is 4.26. The molecule has 1 aliphatic rings. The van der Waals surface area contributed by atoms with E-state index >= 15 is 0 Å². The lowest BCUT2D eigenvalue weighted by Crippen LogP contribution is -2.23. The zero-order chi connectivity index (χ0) is 13.4. The maximum atomic E-state index is 6.48. The van der Waals surface area contributed by atoms with Crippen LogP contribution in [0.3, 0.4) is 0 Å². The Balaban J connectivity index is 1.97. The quantitative estimate of drug-likeness (QED) is 0.852. The fourth-order valence-electron chi connectivity index (χ4n) is 3.38. The number of aryl methyl sites for hydroxylation is 2. The van der Waals surface area contributed by atoms with Gasteiger partial charge in [0, 0.05) is 5.39 Å². The van der Waals surface area contributed by atoms with Crippen molar-refractivity contribution in [1.29, 1.82) is 0 Å². The van der Waals surface area contributed by atoms with Crippen LogP contribution >= 0.6 is 0 Å². The molecule has 0 bridgehead atoms. The number of benzene rings is 1. The summed E-state index contributed by atoms with van der Waals surface area (Å²) >= 11 is 0. The Morgan fingerprint density at radius 2 is 1.89 bits per heavy atom. The van der Waals surface area contributed by atoms with Gasteiger partial charge in [0.15, 0.2) is 0 Å². The van der Waals surface area contributed by atoms with Crippen LogP contribution in [0, 0.1) is 19.8 Å². The van der Waals surface area contributed by atoms with Gasteiger partial charge in [-0.3, -0.25) is 0 Å². The van der Waals surface area contributed by atoms with Gasteiger partial charge in [-0.1, -0.05) is 30.9 Å². The van der Waals surface area contributed by atoms with Gasteiger partial charge in [-0.05, 0) is 50.3 Å². The van der Waals surface area contributed by atoms with E-state index in [1.807, 2.05) is 0 Å². The van der Waals surface area contributed by atoms with Crippen molar-refractivity contribution in [1.82, 2.24) is 0 Å². The molecule has 19 heavy (non-hydrogen) atoms. The Morgan fingerprint density at radius 1 is 1.16 bits per heavy atom. The lowest BCUT2D eigenvalue weighted by atomic mass is 9.82. The summed E-state index contributed by atoms with van der Waals surface area (Å²) in [6.07, 6.45) is 6.49. The SMILES string of the molecule is Cc1ccc2oc(C(N)C3CCCCC3)c(C)c2c1. The standard InChI is InChI=1S/C17H23NO/c1-11-8-9-15-14(10-11)12(2)17(19-15)16(18)13-6-4-3-5-7-13/h8-10,13,16H,3-7,18H2,1-2H3. The van der Waals surface area contributed by atoms with Crippen LogP contribution in [0.4, 0.5) is 0 Å². The van der Waals surface area contributed by atoms with Gasteiger partial charge in [-0.2, -0.15) is 0 Å². The molecule has 3 rings (SSSR count). The Labute approximate surface area is 115 Å². The molecule has 1 unspecified atom stereocenters. The highest BCUT2D eigenvalue weighted by atomic mass is 16.3. The molecule has 1 aliphatic carbocycles. The van der Waals surface area contributed by atoms with Crippen LogP contribution in [0.15, 0.2) is 22.6 Å². The van der Waals surface area contributed by atoms with Crippen molar-refractivity contribution < 1.29 is 4.42 Å². The van der Waals surface area contributed by atoms with Crippen LogP contribution in [-0.4, -0.2) is 0 Å². The Kier molecular flexibility index (Phi) is 3.36. The molecule has 1 heterocycles. The smallest absolute Gasteiger partial charge is 0.134 e. The van der Waals surface area contributed by atoms with Crippen LogP contribution in [0.2, 0.25) is 0 Å². The minimum absolute atomic E-state index is 0.0630. The minimum Gasteiger partial charge on any atom is -0.459 e. The van der Waals surface area contributed by atoms with Crippen molar-refractivity contribution in [2.75, 3.05) is 0 Å². The molecular weight excluding hydrogens is 234 g/mol.